The van der Waals surface area contributed by atoms with Crippen molar-refractivity contribution in [1.82, 2.24) is 5.48 Å². The average Bonchev–Trinajstić information content (AvgIpc) is 2.46. The average molecular weight is 211 g/mol. The third kappa shape index (κ3) is 0.845. The van der Waals surface area contributed by atoms with E-state index in [1.807, 2.05) is 20.8 Å². The van der Waals surface area contributed by atoms with Gasteiger partial charge >= 0.3 is 5.97 Å². The van der Waals surface area contributed by atoms with E-state index in [2.05, 4.69) is 5.48 Å². The van der Waals surface area contributed by atoms with Crippen LogP contribution in [0, 0.1) is 16.2 Å². The molecular formula is C11H17NO3. The summed E-state index contributed by atoms with van der Waals surface area (Å²) >= 11 is 0. The number of carbonyl (C=O) groups is 1. The maximum absolute atomic E-state index is 11.4. The molecule has 3 N–H and O–H groups in total. The molecular weight excluding hydrogens is 194 g/mol. The summed E-state index contributed by atoms with van der Waals surface area (Å²) in [6, 6.07) is 0. The summed E-state index contributed by atoms with van der Waals surface area (Å²) in [6.07, 6.45) is 3.14. The highest BCUT2D eigenvalue weighted by Gasteiger charge is 2.69. The van der Waals surface area contributed by atoms with Crippen LogP contribution in [0.15, 0.2) is 11.8 Å². The van der Waals surface area contributed by atoms with Crippen LogP contribution in [0.4, 0.5) is 0 Å². The molecule has 0 aromatic carbocycles. The largest absolute Gasteiger partial charge is 0.481 e. The van der Waals surface area contributed by atoms with Crippen molar-refractivity contribution < 1.29 is 15.1 Å². The molecule has 84 valence electrons. The van der Waals surface area contributed by atoms with E-state index in [4.69, 9.17) is 5.21 Å². The number of hydroxylamine groups is 1. The molecule has 0 amide bonds. The number of hydrogen-bond donors (Lipinski definition) is 3. The summed E-state index contributed by atoms with van der Waals surface area (Å²) in [5.74, 6) is -0.790. The lowest BCUT2D eigenvalue weighted by molar-refractivity contribution is -0.151. The first kappa shape index (κ1) is 10.5. The summed E-state index contributed by atoms with van der Waals surface area (Å²) in [7, 11) is 0. The Morgan fingerprint density at radius 2 is 2.00 bits per heavy atom. The van der Waals surface area contributed by atoms with Crippen LogP contribution in [0.25, 0.3) is 0 Å². The maximum atomic E-state index is 11.4. The fraction of sp³-hybridized carbons (Fsp3) is 0.727. The van der Waals surface area contributed by atoms with Gasteiger partial charge in [-0.05, 0) is 24.3 Å². The van der Waals surface area contributed by atoms with Gasteiger partial charge in [0, 0.05) is 11.1 Å². The first-order chi connectivity index (χ1) is 6.82. The second kappa shape index (κ2) is 2.55. The Labute approximate surface area is 88.9 Å². The van der Waals surface area contributed by atoms with E-state index in [-0.39, 0.29) is 10.8 Å². The molecule has 4 nitrogen and oxygen atoms in total. The van der Waals surface area contributed by atoms with Crippen LogP contribution in [0.2, 0.25) is 0 Å². The standard InChI is InChI=1S/C11H17NO3/c1-9(2)10(3)4-5-11(9,8(13)14)6-7(10)12-15/h6,12,15H,4-5H2,1-3H3,(H,13,14). The van der Waals surface area contributed by atoms with Gasteiger partial charge in [-0.2, -0.15) is 0 Å². The van der Waals surface area contributed by atoms with Crippen molar-refractivity contribution >= 4 is 5.97 Å². The van der Waals surface area contributed by atoms with Gasteiger partial charge in [0.15, 0.2) is 0 Å². The second-order valence-corrected chi connectivity index (χ2v) is 5.40. The highest BCUT2D eigenvalue weighted by Crippen LogP contribution is 2.70. The molecule has 4 heteroatoms. The number of aliphatic carboxylic acids is 1. The summed E-state index contributed by atoms with van der Waals surface area (Å²) < 4.78 is 0. The van der Waals surface area contributed by atoms with Crippen molar-refractivity contribution in [3.05, 3.63) is 11.8 Å². The van der Waals surface area contributed by atoms with Gasteiger partial charge in [0.2, 0.25) is 0 Å². The highest BCUT2D eigenvalue weighted by atomic mass is 16.5. The third-order valence-corrected chi connectivity index (χ3v) is 5.00. The molecule has 0 saturated heterocycles. The van der Waals surface area contributed by atoms with Crippen LogP contribution in [0.3, 0.4) is 0 Å². The minimum absolute atomic E-state index is 0.264. The quantitative estimate of drug-likeness (QED) is 0.609. The van der Waals surface area contributed by atoms with E-state index in [0.717, 1.165) is 6.42 Å². The molecule has 2 bridgehead atoms. The lowest BCUT2D eigenvalue weighted by atomic mass is 9.63. The fourth-order valence-electron chi connectivity index (χ4n) is 3.29. The molecule has 2 rings (SSSR count). The van der Waals surface area contributed by atoms with E-state index in [0.29, 0.717) is 12.1 Å². The Hall–Kier alpha value is -1.03. The van der Waals surface area contributed by atoms with Gasteiger partial charge in [-0.25, -0.2) is 0 Å². The third-order valence-electron chi connectivity index (χ3n) is 5.00. The first-order valence-corrected chi connectivity index (χ1v) is 5.19. The monoisotopic (exact) mass is 211 g/mol. The Morgan fingerprint density at radius 1 is 1.40 bits per heavy atom. The van der Waals surface area contributed by atoms with E-state index in [1.165, 1.54) is 0 Å². The van der Waals surface area contributed by atoms with Gasteiger partial charge in [0.05, 0.1) is 5.41 Å². The fourth-order valence-corrected chi connectivity index (χ4v) is 3.29. The topological polar surface area (TPSA) is 69.6 Å². The van der Waals surface area contributed by atoms with Gasteiger partial charge in [-0.3, -0.25) is 15.5 Å². The zero-order valence-corrected chi connectivity index (χ0v) is 9.29. The number of carboxylic acids is 1. The zero-order chi connectivity index (χ0) is 11.5. The minimum Gasteiger partial charge on any atom is -0.481 e. The van der Waals surface area contributed by atoms with Crippen molar-refractivity contribution in [2.75, 3.05) is 0 Å². The van der Waals surface area contributed by atoms with Crippen LogP contribution in [0.5, 0.6) is 0 Å². The lowest BCUT2D eigenvalue weighted by Gasteiger charge is -2.39. The Balaban J connectivity index is 2.61. The Bertz CT molecular complexity index is 361. The summed E-state index contributed by atoms with van der Waals surface area (Å²) in [5.41, 5.74) is 1.37. The van der Waals surface area contributed by atoms with Crippen molar-refractivity contribution in [2.24, 2.45) is 16.2 Å². The molecule has 15 heavy (non-hydrogen) atoms. The van der Waals surface area contributed by atoms with Gasteiger partial charge < -0.3 is 5.11 Å². The predicted octanol–water partition coefficient (Wildman–Crippen LogP) is 1.76. The molecule has 0 aromatic heterocycles. The number of rotatable bonds is 2. The minimum atomic E-state index is -0.827. The highest BCUT2D eigenvalue weighted by molar-refractivity contribution is 5.81. The van der Waals surface area contributed by atoms with E-state index in [9.17, 15) is 9.90 Å². The smallest absolute Gasteiger partial charge is 0.314 e. The number of carboxylic acid groups (broad SMARTS) is 1. The van der Waals surface area contributed by atoms with Crippen LogP contribution in [-0.4, -0.2) is 16.3 Å². The molecule has 2 aliphatic carbocycles. The molecule has 0 heterocycles. The summed E-state index contributed by atoms with van der Waals surface area (Å²) in [5, 5.41) is 18.5. The van der Waals surface area contributed by atoms with Crippen LogP contribution >= 0.6 is 0 Å². The van der Waals surface area contributed by atoms with E-state index in [1.54, 1.807) is 6.08 Å². The van der Waals surface area contributed by atoms with Crippen molar-refractivity contribution in [3.63, 3.8) is 0 Å². The first-order valence-electron chi connectivity index (χ1n) is 5.19. The molecule has 1 saturated carbocycles. The molecule has 2 unspecified atom stereocenters. The van der Waals surface area contributed by atoms with Gasteiger partial charge in [0.25, 0.3) is 0 Å². The van der Waals surface area contributed by atoms with E-state index >= 15 is 0 Å². The molecule has 0 spiro atoms. The maximum Gasteiger partial charge on any atom is 0.314 e. The van der Waals surface area contributed by atoms with Gasteiger partial charge in [-0.15, -0.1) is 0 Å². The predicted molar refractivity (Wildman–Crippen MR) is 54.2 cm³/mol. The van der Waals surface area contributed by atoms with Crippen molar-refractivity contribution in [2.45, 2.75) is 33.6 Å². The molecule has 1 fully saturated rings. The van der Waals surface area contributed by atoms with Gasteiger partial charge in [-0.1, -0.05) is 20.8 Å². The lowest BCUT2D eigenvalue weighted by Crippen LogP contribution is -2.41. The van der Waals surface area contributed by atoms with E-state index < -0.39 is 11.4 Å². The molecule has 0 aliphatic heterocycles. The SMILES string of the molecule is CC12CCC(C(=O)O)(C=C1NO)C2(C)C. The number of hydrogen-bond acceptors (Lipinski definition) is 3. The van der Waals surface area contributed by atoms with Crippen molar-refractivity contribution in [1.29, 1.82) is 0 Å². The number of fused-ring (bicyclic) bond motifs is 2. The molecule has 2 aliphatic rings. The van der Waals surface area contributed by atoms with Crippen molar-refractivity contribution in [3.8, 4) is 0 Å². The molecule has 0 aromatic rings. The number of nitrogens with one attached hydrogen (secondary N) is 1. The van der Waals surface area contributed by atoms with Crippen LogP contribution < -0.4 is 5.48 Å². The normalized spacial score (nSPS) is 41.5. The summed E-state index contributed by atoms with van der Waals surface area (Å²) in [4.78, 5) is 11.4. The number of allylic oxidation sites excluding steroid dienone is 1. The van der Waals surface area contributed by atoms with Crippen LogP contribution in [-0.2, 0) is 4.79 Å². The van der Waals surface area contributed by atoms with Crippen LogP contribution in [0.1, 0.15) is 33.6 Å². The van der Waals surface area contributed by atoms with Gasteiger partial charge in [0.1, 0.15) is 0 Å². The summed E-state index contributed by atoms with van der Waals surface area (Å²) in [6.45, 7) is 5.95. The second-order valence-electron chi connectivity index (χ2n) is 5.40. The Morgan fingerprint density at radius 3 is 2.33 bits per heavy atom. The molecule has 2 atom stereocenters. The molecule has 0 radical (unpaired) electrons. The Kier molecular flexibility index (Phi) is 1.79. The zero-order valence-electron chi connectivity index (χ0n) is 9.29.